The number of nitrogens with zero attached hydrogens (tertiary/aromatic N) is 2. The first-order valence-corrected chi connectivity index (χ1v) is 7.26. The summed E-state index contributed by atoms with van der Waals surface area (Å²) in [6, 6.07) is 15.4. The minimum Gasteiger partial charge on any atom is -0.477 e. The summed E-state index contributed by atoms with van der Waals surface area (Å²) in [4.78, 5) is 11.1. The fourth-order valence-electron chi connectivity index (χ4n) is 2.60. The quantitative estimate of drug-likeness (QED) is 0.587. The molecule has 1 heterocycles. The number of hydrogen-bond donors (Lipinski definition) is 1. The van der Waals surface area contributed by atoms with Gasteiger partial charge >= 0.3 is 5.97 Å². The number of aliphatic carboxylic acids is 1. The van der Waals surface area contributed by atoms with Gasteiger partial charge in [0.2, 0.25) is 0 Å². The Kier molecular flexibility index (Phi) is 4.13. The van der Waals surface area contributed by atoms with E-state index in [0.29, 0.717) is 12.1 Å². The zero-order valence-electron chi connectivity index (χ0n) is 12.6. The molecule has 0 aliphatic carbocycles. The number of halogens is 1. The monoisotopic (exact) mass is 320 g/mol. The van der Waals surface area contributed by atoms with Gasteiger partial charge in [0.15, 0.2) is 0 Å². The van der Waals surface area contributed by atoms with E-state index in [-0.39, 0.29) is 11.4 Å². The van der Waals surface area contributed by atoms with Gasteiger partial charge in [0.25, 0.3) is 0 Å². The molecule has 24 heavy (non-hydrogen) atoms. The molecule has 0 atom stereocenters. The number of carboxylic acids is 1. The molecule has 1 aromatic heterocycles. The maximum atomic E-state index is 13.0. The van der Waals surface area contributed by atoms with Crippen molar-refractivity contribution in [3.05, 3.63) is 77.2 Å². The van der Waals surface area contributed by atoms with Crippen molar-refractivity contribution in [2.45, 2.75) is 6.54 Å². The molecular formula is C19H13FN2O2. The molecule has 3 rings (SSSR count). The number of benzene rings is 2. The summed E-state index contributed by atoms with van der Waals surface area (Å²) in [6.07, 6.45) is 3.17. The number of carbonyl (C=O) groups is 1. The standard InChI is InChI=1S/C19H13FN2O2/c20-16-7-5-13(6-8-16)11-22-12-15(9-14(10-21)19(23)24)17-3-1-2-4-18(17)22/h1-9,12H,11H2,(H,23,24). The van der Waals surface area contributed by atoms with Crippen LogP contribution in [0.5, 0.6) is 0 Å². The van der Waals surface area contributed by atoms with E-state index in [0.717, 1.165) is 16.5 Å². The van der Waals surface area contributed by atoms with E-state index >= 15 is 0 Å². The molecule has 0 unspecified atom stereocenters. The van der Waals surface area contributed by atoms with Crippen molar-refractivity contribution in [3.63, 3.8) is 0 Å². The summed E-state index contributed by atoms with van der Waals surface area (Å²) in [5.74, 6) is -1.55. The van der Waals surface area contributed by atoms with Gasteiger partial charge < -0.3 is 9.67 Å². The lowest BCUT2D eigenvalue weighted by Crippen LogP contribution is -1.98. The number of rotatable bonds is 4. The number of hydrogen-bond acceptors (Lipinski definition) is 2. The van der Waals surface area contributed by atoms with Gasteiger partial charge in [0.05, 0.1) is 0 Å². The highest BCUT2D eigenvalue weighted by Gasteiger charge is 2.11. The predicted molar refractivity (Wildman–Crippen MR) is 88.7 cm³/mol. The molecule has 0 saturated carbocycles. The van der Waals surface area contributed by atoms with Gasteiger partial charge in [0, 0.05) is 29.2 Å². The summed E-state index contributed by atoms with van der Waals surface area (Å²) in [5.41, 5.74) is 2.17. The molecule has 0 bridgehead atoms. The Morgan fingerprint density at radius 1 is 1.21 bits per heavy atom. The first-order valence-electron chi connectivity index (χ1n) is 7.26. The lowest BCUT2D eigenvalue weighted by molar-refractivity contribution is -0.132. The lowest BCUT2D eigenvalue weighted by Gasteiger charge is -2.05. The topological polar surface area (TPSA) is 66.0 Å². The average molecular weight is 320 g/mol. The Labute approximate surface area is 137 Å². The molecule has 0 fully saturated rings. The molecule has 0 aliphatic rings. The van der Waals surface area contributed by atoms with Crippen LogP contribution in [0.2, 0.25) is 0 Å². The molecule has 0 aliphatic heterocycles. The molecule has 118 valence electrons. The van der Waals surface area contributed by atoms with Crippen molar-refractivity contribution in [2.75, 3.05) is 0 Å². The highest BCUT2D eigenvalue weighted by atomic mass is 19.1. The third kappa shape index (κ3) is 3.03. The third-order valence-electron chi connectivity index (χ3n) is 3.74. The van der Waals surface area contributed by atoms with Crippen molar-refractivity contribution in [3.8, 4) is 6.07 Å². The molecule has 3 aromatic rings. The van der Waals surface area contributed by atoms with Crippen LogP contribution in [0.15, 0.2) is 60.3 Å². The fourth-order valence-corrected chi connectivity index (χ4v) is 2.60. The van der Waals surface area contributed by atoms with Crippen molar-refractivity contribution < 1.29 is 14.3 Å². The van der Waals surface area contributed by atoms with E-state index in [4.69, 9.17) is 10.4 Å². The second-order valence-corrected chi connectivity index (χ2v) is 5.33. The van der Waals surface area contributed by atoms with Crippen molar-refractivity contribution in [1.82, 2.24) is 4.57 Å². The van der Waals surface area contributed by atoms with Crippen LogP contribution in [-0.2, 0) is 11.3 Å². The van der Waals surface area contributed by atoms with Crippen LogP contribution in [0.25, 0.3) is 17.0 Å². The first kappa shape index (κ1) is 15.5. The third-order valence-corrected chi connectivity index (χ3v) is 3.74. The maximum Gasteiger partial charge on any atom is 0.346 e. The second kappa shape index (κ2) is 6.39. The average Bonchev–Trinajstić information content (AvgIpc) is 2.92. The summed E-state index contributed by atoms with van der Waals surface area (Å²) in [7, 11) is 0. The largest absolute Gasteiger partial charge is 0.477 e. The minimum atomic E-state index is -1.26. The molecule has 0 spiro atoms. The van der Waals surface area contributed by atoms with E-state index in [1.807, 2.05) is 28.8 Å². The Bertz CT molecular complexity index is 979. The Morgan fingerprint density at radius 3 is 2.58 bits per heavy atom. The molecule has 5 heteroatoms. The normalized spacial score (nSPS) is 11.4. The maximum absolute atomic E-state index is 13.0. The molecule has 2 aromatic carbocycles. The summed E-state index contributed by atoms with van der Waals surface area (Å²) in [5, 5.41) is 18.9. The van der Waals surface area contributed by atoms with Crippen LogP contribution < -0.4 is 0 Å². The molecule has 0 saturated heterocycles. The Balaban J connectivity index is 2.08. The summed E-state index contributed by atoms with van der Waals surface area (Å²) >= 11 is 0. The first-order chi connectivity index (χ1) is 11.6. The molecule has 1 N–H and O–H groups in total. The lowest BCUT2D eigenvalue weighted by atomic mass is 10.1. The SMILES string of the molecule is N#CC(=Cc1cn(Cc2ccc(F)cc2)c2ccccc12)C(=O)O. The molecule has 0 amide bonds. The van der Waals surface area contributed by atoms with Gasteiger partial charge in [0.1, 0.15) is 17.5 Å². The van der Waals surface area contributed by atoms with Crippen molar-refractivity contribution >= 4 is 22.9 Å². The van der Waals surface area contributed by atoms with Crippen LogP contribution in [-0.4, -0.2) is 15.6 Å². The van der Waals surface area contributed by atoms with Crippen LogP contribution in [0.3, 0.4) is 0 Å². The van der Waals surface area contributed by atoms with Crippen LogP contribution in [0.1, 0.15) is 11.1 Å². The summed E-state index contributed by atoms with van der Waals surface area (Å²) < 4.78 is 15.0. The number of carboxylic acid groups (broad SMARTS) is 1. The minimum absolute atomic E-state index is 0.292. The highest BCUT2D eigenvalue weighted by Crippen LogP contribution is 2.24. The van der Waals surface area contributed by atoms with E-state index in [1.54, 1.807) is 24.4 Å². The molecule has 0 radical (unpaired) electrons. The van der Waals surface area contributed by atoms with E-state index < -0.39 is 5.97 Å². The van der Waals surface area contributed by atoms with Crippen LogP contribution in [0.4, 0.5) is 4.39 Å². The Morgan fingerprint density at radius 2 is 1.92 bits per heavy atom. The van der Waals surface area contributed by atoms with Crippen LogP contribution >= 0.6 is 0 Å². The van der Waals surface area contributed by atoms with E-state index in [1.165, 1.54) is 18.2 Å². The fraction of sp³-hybridized carbons (Fsp3) is 0.0526. The smallest absolute Gasteiger partial charge is 0.346 e. The number of para-hydroxylation sites is 1. The Hall–Kier alpha value is -3.39. The van der Waals surface area contributed by atoms with Crippen molar-refractivity contribution in [1.29, 1.82) is 5.26 Å². The zero-order valence-corrected chi connectivity index (χ0v) is 12.6. The molecule has 4 nitrogen and oxygen atoms in total. The van der Waals surface area contributed by atoms with Gasteiger partial charge in [-0.1, -0.05) is 30.3 Å². The second-order valence-electron chi connectivity index (χ2n) is 5.33. The van der Waals surface area contributed by atoms with Gasteiger partial charge in [-0.15, -0.1) is 0 Å². The number of aromatic nitrogens is 1. The predicted octanol–water partition coefficient (Wildman–Crippen LogP) is 3.82. The zero-order chi connectivity index (χ0) is 17.1. The van der Waals surface area contributed by atoms with Crippen molar-refractivity contribution in [2.24, 2.45) is 0 Å². The van der Waals surface area contributed by atoms with Crippen LogP contribution in [0, 0.1) is 17.1 Å². The van der Waals surface area contributed by atoms with Gasteiger partial charge in [-0.3, -0.25) is 0 Å². The van der Waals surface area contributed by atoms with Gasteiger partial charge in [-0.2, -0.15) is 5.26 Å². The molecular weight excluding hydrogens is 307 g/mol. The van der Waals surface area contributed by atoms with Gasteiger partial charge in [-0.05, 0) is 29.8 Å². The number of nitriles is 1. The van der Waals surface area contributed by atoms with E-state index in [9.17, 15) is 9.18 Å². The summed E-state index contributed by atoms with van der Waals surface area (Å²) in [6.45, 7) is 0.517. The number of fused-ring (bicyclic) bond motifs is 1. The van der Waals surface area contributed by atoms with Gasteiger partial charge in [-0.25, -0.2) is 9.18 Å². The highest BCUT2D eigenvalue weighted by molar-refractivity contribution is 6.00. The van der Waals surface area contributed by atoms with E-state index in [2.05, 4.69) is 0 Å².